The third kappa shape index (κ3) is 4.21. The van der Waals surface area contributed by atoms with Crippen LogP contribution in [0.5, 0.6) is 0 Å². The average Bonchev–Trinajstić information content (AvgIpc) is 3.06. The van der Waals surface area contributed by atoms with Gasteiger partial charge in [0.1, 0.15) is 5.69 Å². The molecule has 6 heteroatoms. The summed E-state index contributed by atoms with van der Waals surface area (Å²) in [5, 5.41) is 9.71. The number of carbonyl (C=O) groups excluding carboxylic acids is 1. The van der Waals surface area contributed by atoms with E-state index in [9.17, 15) is 4.79 Å². The van der Waals surface area contributed by atoms with Crippen LogP contribution in [-0.4, -0.2) is 47.3 Å². The van der Waals surface area contributed by atoms with Crippen LogP contribution in [0.25, 0.3) is 0 Å². The lowest BCUT2D eigenvalue weighted by Gasteiger charge is -2.26. The van der Waals surface area contributed by atoms with Gasteiger partial charge in [-0.1, -0.05) is 25.5 Å². The minimum Gasteiger partial charge on any atom is -0.379 e. The zero-order valence-electron chi connectivity index (χ0n) is 14.0. The molecule has 1 aliphatic heterocycles. The second-order valence-corrected chi connectivity index (χ2v) is 6.06. The summed E-state index contributed by atoms with van der Waals surface area (Å²) in [4.78, 5) is 14.7. The number of aryl methyl sites for hydroxylation is 1. The van der Waals surface area contributed by atoms with Crippen molar-refractivity contribution in [2.75, 3.05) is 31.6 Å². The van der Waals surface area contributed by atoms with Gasteiger partial charge in [-0.25, -0.2) is 0 Å². The first kappa shape index (κ1) is 16.7. The highest BCUT2D eigenvalue weighted by Crippen LogP contribution is 2.15. The van der Waals surface area contributed by atoms with Gasteiger partial charge in [0.05, 0.1) is 19.4 Å². The van der Waals surface area contributed by atoms with Gasteiger partial charge >= 0.3 is 0 Å². The fourth-order valence-corrected chi connectivity index (χ4v) is 2.87. The van der Waals surface area contributed by atoms with Crippen molar-refractivity contribution in [3.05, 3.63) is 47.3 Å². The van der Waals surface area contributed by atoms with Gasteiger partial charge in [-0.15, -0.1) is 0 Å². The summed E-state index contributed by atoms with van der Waals surface area (Å²) in [6.07, 6.45) is 3.55. The number of ether oxygens (including phenoxy) is 1. The predicted molar refractivity (Wildman–Crippen MR) is 93.1 cm³/mol. The molecule has 1 saturated heterocycles. The smallest absolute Gasteiger partial charge is 0.273 e. The molecule has 6 nitrogen and oxygen atoms in total. The largest absolute Gasteiger partial charge is 0.379 e. The van der Waals surface area contributed by atoms with Crippen molar-refractivity contribution in [3.63, 3.8) is 0 Å². The van der Waals surface area contributed by atoms with Crippen molar-refractivity contribution < 1.29 is 9.53 Å². The topological polar surface area (TPSA) is 70.2 Å². The third-order valence-corrected chi connectivity index (χ3v) is 4.19. The first-order chi connectivity index (χ1) is 11.8. The molecule has 0 unspecified atom stereocenters. The first-order valence-electron chi connectivity index (χ1n) is 8.49. The Morgan fingerprint density at radius 2 is 2.04 bits per heavy atom. The highest BCUT2D eigenvalue weighted by Gasteiger charge is 2.14. The van der Waals surface area contributed by atoms with E-state index >= 15 is 0 Å². The number of carbonyl (C=O) groups is 1. The molecule has 0 radical (unpaired) electrons. The number of anilines is 1. The molecule has 1 amide bonds. The summed E-state index contributed by atoms with van der Waals surface area (Å²) in [5.41, 5.74) is 3.54. The molecule has 0 spiro atoms. The summed E-state index contributed by atoms with van der Waals surface area (Å²) in [5.74, 6) is -0.142. The molecule has 1 aliphatic rings. The second-order valence-electron chi connectivity index (χ2n) is 6.06. The van der Waals surface area contributed by atoms with Crippen LogP contribution in [0, 0.1) is 0 Å². The van der Waals surface area contributed by atoms with Crippen LogP contribution in [0.1, 0.15) is 35.0 Å². The molecular formula is C18H24N4O2. The summed E-state index contributed by atoms with van der Waals surface area (Å²) in [6.45, 7) is 6.55. The summed E-state index contributed by atoms with van der Waals surface area (Å²) < 4.78 is 5.37. The quantitative estimate of drug-likeness (QED) is 0.854. The maximum absolute atomic E-state index is 12.4. The highest BCUT2D eigenvalue weighted by atomic mass is 16.5. The Bertz CT molecular complexity index is 660. The maximum Gasteiger partial charge on any atom is 0.273 e. The Morgan fingerprint density at radius 1 is 1.29 bits per heavy atom. The van der Waals surface area contributed by atoms with Gasteiger partial charge in [-0.05, 0) is 24.1 Å². The number of H-pyrrole nitrogens is 1. The number of hydrogen-bond donors (Lipinski definition) is 2. The van der Waals surface area contributed by atoms with E-state index in [0.717, 1.165) is 56.9 Å². The Hall–Kier alpha value is -2.18. The molecule has 0 atom stereocenters. The van der Waals surface area contributed by atoms with E-state index < -0.39 is 0 Å². The number of rotatable bonds is 6. The number of amides is 1. The van der Waals surface area contributed by atoms with E-state index in [1.807, 2.05) is 12.1 Å². The molecule has 2 N–H and O–H groups in total. The Morgan fingerprint density at radius 3 is 2.75 bits per heavy atom. The molecule has 1 aromatic carbocycles. The lowest BCUT2D eigenvalue weighted by molar-refractivity contribution is 0.0342. The summed E-state index contributed by atoms with van der Waals surface area (Å²) in [6, 6.07) is 8.02. The lowest BCUT2D eigenvalue weighted by Crippen LogP contribution is -2.35. The predicted octanol–water partition coefficient (Wildman–Crippen LogP) is 2.45. The van der Waals surface area contributed by atoms with Crippen LogP contribution in [0.4, 0.5) is 5.69 Å². The molecule has 128 valence electrons. The van der Waals surface area contributed by atoms with Crippen LogP contribution < -0.4 is 5.32 Å². The number of nitrogens with zero attached hydrogens (tertiary/aromatic N) is 2. The molecule has 0 saturated carbocycles. The van der Waals surface area contributed by atoms with E-state index in [0.29, 0.717) is 5.69 Å². The third-order valence-electron chi connectivity index (χ3n) is 4.19. The number of aromatic amines is 1. The molecule has 3 rings (SSSR count). The van der Waals surface area contributed by atoms with Crippen molar-refractivity contribution in [1.29, 1.82) is 0 Å². The lowest BCUT2D eigenvalue weighted by atomic mass is 10.1. The van der Waals surface area contributed by atoms with Crippen LogP contribution in [-0.2, 0) is 17.7 Å². The van der Waals surface area contributed by atoms with Gasteiger partial charge in [0.2, 0.25) is 0 Å². The van der Waals surface area contributed by atoms with E-state index in [1.54, 1.807) is 6.20 Å². The molecule has 24 heavy (non-hydrogen) atoms. The Labute approximate surface area is 142 Å². The van der Waals surface area contributed by atoms with E-state index in [1.165, 1.54) is 5.56 Å². The molecular weight excluding hydrogens is 304 g/mol. The molecule has 0 aliphatic carbocycles. The van der Waals surface area contributed by atoms with Gasteiger partial charge in [-0.2, -0.15) is 5.10 Å². The molecule has 0 bridgehead atoms. The molecule has 2 heterocycles. The molecule has 1 fully saturated rings. The van der Waals surface area contributed by atoms with Gasteiger partial charge in [-0.3, -0.25) is 14.8 Å². The number of aromatic nitrogens is 2. The second kappa shape index (κ2) is 8.08. The minimum atomic E-state index is -0.142. The monoisotopic (exact) mass is 328 g/mol. The number of nitrogens with one attached hydrogen (secondary N) is 2. The molecule has 2 aromatic rings. The fourth-order valence-electron chi connectivity index (χ4n) is 2.87. The standard InChI is InChI=1S/C18H24N4O2/c1-2-3-15-12-19-21-17(15)18(23)20-16-6-4-14(5-7-16)13-22-8-10-24-11-9-22/h4-7,12H,2-3,8-11,13H2,1H3,(H,19,21)(H,20,23). The average molecular weight is 328 g/mol. The minimum absolute atomic E-state index is 0.142. The summed E-state index contributed by atoms with van der Waals surface area (Å²) >= 11 is 0. The maximum atomic E-state index is 12.4. The van der Waals surface area contributed by atoms with Gasteiger partial charge < -0.3 is 10.1 Å². The van der Waals surface area contributed by atoms with Crippen LogP contribution in [0.2, 0.25) is 0 Å². The highest BCUT2D eigenvalue weighted by molar-refractivity contribution is 6.03. The van der Waals surface area contributed by atoms with Crippen molar-refractivity contribution >= 4 is 11.6 Å². The van der Waals surface area contributed by atoms with Crippen molar-refractivity contribution in [2.45, 2.75) is 26.3 Å². The Kier molecular flexibility index (Phi) is 5.61. The van der Waals surface area contributed by atoms with Crippen LogP contribution in [0.15, 0.2) is 30.5 Å². The Balaban J connectivity index is 1.59. The zero-order chi connectivity index (χ0) is 16.8. The zero-order valence-corrected chi connectivity index (χ0v) is 14.0. The van der Waals surface area contributed by atoms with Gasteiger partial charge in [0, 0.05) is 30.9 Å². The number of morpholine rings is 1. The van der Waals surface area contributed by atoms with Crippen LogP contribution in [0.3, 0.4) is 0 Å². The van der Waals surface area contributed by atoms with E-state index in [2.05, 4.69) is 39.5 Å². The van der Waals surface area contributed by atoms with Gasteiger partial charge in [0.15, 0.2) is 0 Å². The van der Waals surface area contributed by atoms with Crippen molar-refractivity contribution in [1.82, 2.24) is 15.1 Å². The number of benzene rings is 1. The van der Waals surface area contributed by atoms with Crippen molar-refractivity contribution in [2.24, 2.45) is 0 Å². The van der Waals surface area contributed by atoms with Crippen LogP contribution >= 0.6 is 0 Å². The normalized spacial score (nSPS) is 15.4. The fraction of sp³-hybridized carbons (Fsp3) is 0.444. The van der Waals surface area contributed by atoms with Gasteiger partial charge in [0.25, 0.3) is 5.91 Å². The first-order valence-corrected chi connectivity index (χ1v) is 8.49. The number of hydrogen-bond acceptors (Lipinski definition) is 4. The SMILES string of the molecule is CCCc1cn[nH]c1C(=O)Nc1ccc(CN2CCOCC2)cc1. The molecule has 1 aromatic heterocycles. The van der Waals surface area contributed by atoms with Crippen molar-refractivity contribution in [3.8, 4) is 0 Å². The van der Waals surface area contributed by atoms with E-state index in [4.69, 9.17) is 4.74 Å². The summed E-state index contributed by atoms with van der Waals surface area (Å²) in [7, 11) is 0. The van der Waals surface area contributed by atoms with E-state index in [-0.39, 0.29) is 5.91 Å².